The molecule has 1 rings (SSSR count). The Hall–Kier alpha value is 0.110. The van der Waals surface area contributed by atoms with E-state index in [4.69, 9.17) is 0 Å². The molecule has 84 valence electrons. The van der Waals surface area contributed by atoms with Crippen molar-refractivity contribution in [1.29, 1.82) is 0 Å². The van der Waals surface area contributed by atoms with Gasteiger partial charge in [-0.05, 0) is 25.8 Å². The second-order valence-electron chi connectivity index (χ2n) is 4.19. The molecule has 0 aromatic heterocycles. The largest absolute Gasteiger partial charge is 0.316 e. The van der Waals surface area contributed by atoms with Gasteiger partial charge >= 0.3 is 0 Å². The topological polar surface area (TPSA) is 29.1 Å². The third-order valence-corrected chi connectivity index (χ3v) is 4.65. The number of nitrogens with one attached hydrogen (secondary N) is 1. The first kappa shape index (κ1) is 12.2. The van der Waals surface area contributed by atoms with Gasteiger partial charge in [0, 0.05) is 28.3 Å². The van der Waals surface area contributed by atoms with Crippen LogP contribution in [0.25, 0.3) is 0 Å². The molecule has 3 heteroatoms. The smallest absolute Gasteiger partial charge is 0.0391 e. The van der Waals surface area contributed by atoms with Crippen LogP contribution in [0, 0.1) is 5.92 Å². The Morgan fingerprint density at radius 1 is 1.36 bits per heavy atom. The average molecular weight is 217 g/mol. The Kier molecular flexibility index (Phi) is 5.71. The van der Waals surface area contributed by atoms with Crippen molar-refractivity contribution in [2.45, 2.75) is 45.1 Å². The summed E-state index contributed by atoms with van der Waals surface area (Å²) in [6.45, 7) is 2.00. The number of hydrogen-bond donors (Lipinski definition) is 1. The van der Waals surface area contributed by atoms with E-state index in [0.29, 0.717) is 6.04 Å². The molecule has 0 saturated heterocycles. The van der Waals surface area contributed by atoms with Crippen molar-refractivity contribution in [1.82, 2.24) is 5.32 Å². The van der Waals surface area contributed by atoms with E-state index < -0.39 is 10.8 Å². The number of hydrogen-bond acceptors (Lipinski definition) is 2. The Morgan fingerprint density at radius 2 is 2.00 bits per heavy atom. The maximum atomic E-state index is 11.5. The molecule has 2 nitrogen and oxygen atoms in total. The van der Waals surface area contributed by atoms with Gasteiger partial charge in [0.2, 0.25) is 0 Å². The van der Waals surface area contributed by atoms with E-state index in [0.717, 1.165) is 17.4 Å². The minimum Gasteiger partial charge on any atom is -0.316 e. The SMILES string of the molecule is CCS(=O)CC(NC)C1CCCCC1. The van der Waals surface area contributed by atoms with Gasteiger partial charge in [0.15, 0.2) is 0 Å². The van der Waals surface area contributed by atoms with E-state index in [1.54, 1.807) is 0 Å². The molecule has 0 spiro atoms. The zero-order valence-electron chi connectivity index (χ0n) is 9.42. The lowest BCUT2D eigenvalue weighted by Crippen LogP contribution is -2.39. The van der Waals surface area contributed by atoms with Crippen LogP contribution in [-0.2, 0) is 10.8 Å². The molecule has 0 aliphatic heterocycles. The van der Waals surface area contributed by atoms with Crippen molar-refractivity contribution in [3.63, 3.8) is 0 Å². The first-order valence-electron chi connectivity index (χ1n) is 5.80. The molecule has 1 N–H and O–H groups in total. The molecule has 0 bridgehead atoms. The van der Waals surface area contributed by atoms with E-state index in [2.05, 4.69) is 5.32 Å². The highest BCUT2D eigenvalue weighted by Gasteiger charge is 2.23. The Balaban J connectivity index is 2.39. The van der Waals surface area contributed by atoms with Crippen LogP contribution in [0.4, 0.5) is 0 Å². The fourth-order valence-corrected chi connectivity index (χ4v) is 3.38. The molecule has 14 heavy (non-hydrogen) atoms. The van der Waals surface area contributed by atoms with Crippen LogP contribution in [0.5, 0.6) is 0 Å². The van der Waals surface area contributed by atoms with Crippen molar-refractivity contribution < 1.29 is 4.21 Å². The summed E-state index contributed by atoms with van der Waals surface area (Å²) < 4.78 is 11.5. The summed E-state index contributed by atoms with van der Waals surface area (Å²) in [6.07, 6.45) is 6.77. The minimum atomic E-state index is -0.621. The molecule has 0 amide bonds. The van der Waals surface area contributed by atoms with Gasteiger partial charge in [0.05, 0.1) is 0 Å². The Morgan fingerprint density at radius 3 is 2.50 bits per heavy atom. The fraction of sp³-hybridized carbons (Fsp3) is 1.00. The Labute approximate surface area is 90.3 Å². The molecule has 1 aliphatic rings. The van der Waals surface area contributed by atoms with Crippen molar-refractivity contribution in [3.8, 4) is 0 Å². The molecule has 1 saturated carbocycles. The first-order valence-corrected chi connectivity index (χ1v) is 7.29. The summed E-state index contributed by atoms with van der Waals surface area (Å²) in [5.74, 6) is 2.41. The maximum absolute atomic E-state index is 11.5. The average Bonchev–Trinajstić information content (AvgIpc) is 2.26. The summed E-state index contributed by atoms with van der Waals surface area (Å²) in [6, 6.07) is 0.482. The van der Waals surface area contributed by atoms with E-state index >= 15 is 0 Å². The van der Waals surface area contributed by atoms with Crippen LogP contribution in [-0.4, -0.2) is 28.8 Å². The van der Waals surface area contributed by atoms with Gasteiger partial charge in [-0.25, -0.2) is 0 Å². The van der Waals surface area contributed by atoms with Gasteiger partial charge in [-0.3, -0.25) is 4.21 Å². The fourth-order valence-electron chi connectivity index (χ4n) is 2.31. The van der Waals surface area contributed by atoms with Crippen molar-refractivity contribution in [2.75, 3.05) is 18.6 Å². The van der Waals surface area contributed by atoms with Crippen molar-refractivity contribution >= 4 is 10.8 Å². The second kappa shape index (κ2) is 6.57. The predicted octanol–water partition coefficient (Wildman–Crippen LogP) is 1.92. The monoisotopic (exact) mass is 217 g/mol. The molecule has 2 atom stereocenters. The summed E-state index contributed by atoms with van der Waals surface area (Å²) in [4.78, 5) is 0. The summed E-state index contributed by atoms with van der Waals surface area (Å²) in [5.41, 5.74) is 0. The normalized spacial score (nSPS) is 23.3. The highest BCUT2D eigenvalue weighted by molar-refractivity contribution is 7.84. The van der Waals surface area contributed by atoms with Gasteiger partial charge in [0.1, 0.15) is 0 Å². The molecule has 0 heterocycles. The van der Waals surface area contributed by atoms with Crippen LogP contribution in [0.1, 0.15) is 39.0 Å². The Bertz CT molecular complexity index is 178. The molecule has 1 fully saturated rings. The molecule has 0 aromatic carbocycles. The standard InChI is InChI=1S/C11H23NOS/c1-3-14(13)9-11(12-2)10-7-5-4-6-8-10/h10-12H,3-9H2,1-2H3. The van der Waals surface area contributed by atoms with Crippen LogP contribution < -0.4 is 5.32 Å². The molecule has 2 unspecified atom stereocenters. The van der Waals surface area contributed by atoms with Crippen LogP contribution in [0.3, 0.4) is 0 Å². The van der Waals surface area contributed by atoms with Crippen molar-refractivity contribution in [3.05, 3.63) is 0 Å². The third kappa shape index (κ3) is 3.70. The summed E-state index contributed by atoms with van der Waals surface area (Å²) >= 11 is 0. The molecular formula is C11H23NOS. The lowest BCUT2D eigenvalue weighted by atomic mass is 9.84. The highest BCUT2D eigenvalue weighted by atomic mass is 32.2. The first-order chi connectivity index (χ1) is 6.77. The summed E-state index contributed by atoms with van der Waals surface area (Å²) in [7, 11) is 1.38. The van der Waals surface area contributed by atoms with E-state index in [-0.39, 0.29) is 0 Å². The molecular weight excluding hydrogens is 194 g/mol. The third-order valence-electron chi connectivity index (χ3n) is 3.28. The van der Waals surface area contributed by atoms with E-state index in [1.165, 1.54) is 32.1 Å². The zero-order valence-corrected chi connectivity index (χ0v) is 10.2. The minimum absolute atomic E-state index is 0.482. The quantitative estimate of drug-likeness (QED) is 0.762. The highest BCUT2D eigenvalue weighted by Crippen LogP contribution is 2.26. The van der Waals surface area contributed by atoms with E-state index in [1.807, 2.05) is 14.0 Å². The molecule has 1 aliphatic carbocycles. The maximum Gasteiger partial charge on any atom is 0.0391 e. The lowest BCUT2D eigenvalue weighted by Gasteiger charge is -2.29. The van der Waals surface area contributed by atoms with Crippen molar-refractivity contribution in [2.24, 2.45) is 5.92 Å². The van der Waals surface area contributed by atoms with Gasteiger partial charge in [-0.15, -0.1) is 0 Å². The molecule has 0 radical (unpaired) electrons. The van der Waals surface area contributed by atoms with Gasteiger partial charge in [0.25, 0.3) is 0 Å². The predicted molar refractivity (Wildman–Crippen MR) is 63.0 cm³/mol. The lowest BCUT2D eigenvalue weighted by molar-refractivity contribution is 0.294. The van der Waals surface area contributed by atoms with Crippen LogP contribution in [0.2, 0.25) is 0 Å². The van der Waals surface area contributed by atoms with Crippen LogP contribution in [0.15, 0.2) is 0 Å². The molecule has 0 aromatic rings. The zero-order chi connectivity index (χ0) is 10.4. The number of rotatable bonds is 5. The second-order valence-corrected chi connectivity index (χ2v) is 5.98. The summed E-state index contributed by atoms with van der Waals surface area (Å²) in [5, 5.41) is 3.34. The van der Waals surface area contributed by atoms with Gasteiger partial charge in [-0.1, -0.05) is 26.2 Å². The van der Waals surface area contributed by atoms with E-state index in [9.17, 15) is 4.21 Å². The van der Waals surface area contributed by atoms with Crippen LogP contribution >= 0.6 is 0 Å². The van der Waals surface area contributed by atoms with Gasteiger partial charge in [-0.2, -0.15) is 0 Å². The van der Waals surface area contributed by atoms with Gasteiger partial charge < -0.3 is 5.32 Å².